The highest BCUT2D eigenvalue weighted by Gasteiger charge is 2.02. The van der Waals surface area contributed by atoms with Gasteiger partial charge in [-0.25, -0.2) is 0 Å². The molecule has 0 unspecified atom stereocenters. The highest BCUT2D eigenvalue weighted by atomic mass is 15.7. The van der Waals surface area contributed by atoms with E-state index in [4.69, 9.17) is 0 Å². The summed E-state index contributed by atoms with van der Waals surface area (Å²) in [7, 11) is 0. The second-order valence-electron chi connectivity index (χ2n) is 3.07. The van der Waals surface area contributed by atoms with Gasteiger partial charge in [-0.1, -0.05) is 47.6 Å². The summed E-state index contributed by atoms with van der Waals surface area (Å²) in [6.45, 7) is 21.5. The highest BCUT2D eigenvalue weighted by molar-refractivity contribution is 5.58. The normalized spacial score (nSPS) is 8.25. The van der Waals surface area contributed by atoms with E-state index < -0.39 is 0 Å². The molecule has 0 atom stereocenters. The summed E-state index contributed by atoms with van der Waals surface area (Å²) in [6.07, 6.45) is 1.68. The minimum Gasteiger partial charge on any atom is -0.167 e. The van der Waals surface area contributed by atoms with E-state index >= 15 is 0 Å². The Hall–Kier alpha value is -1.64. The highest BCUT2D eigenvalue weighted by Crippen LogP contribution is 2.18. The van der Waals surface area contributed by atoms with Crippen LogP contribution in [0.25, 0.3) is 0 Å². The summed E-state index contributed by atoms with van der Waals surface area (Å²) in [4.78, 5) is 0. The Labute approximate surface area is 126 Å². The third kappa shape index (κ3) is 9.31. The number of anilines is 1. The molecule has 1 rings (SSSR count). The van der Waals surface area contributed by atoms with Crippen LogP contribution in [-0.4, -0.2) is 12.9 Å². The van der Waals surface area contributed by atoms with Crippen molar-refractivity contribution in [1.29, 1.82) is 0 Å². The predicted octanol–water partition coefficient (Wildman–Crippen LogP) is 5.81. The Kier molecular flexibility index (Phi) is 20.4. The molecule has 20 heavy (non-hydrogen) atoms. The Morgan fingerprint density at radius 1 is 0.950 bits per heavy atom. The van der Waals surface area contributed by atoms with Gasteiger partial charge in [-0.2, -0.15) is 15.3 Å². The van der Waals surface area contributed by atoms with Crippen molar-refractivity contribution in [2.75, 3.05) is 5.12 Å². The van der Waals surface area contributed by atoms with Gasteiger partial charge in [-0.05, 0) is 44.0 Å². The number of rotatable bonds is 3. The molecule has 0 saturated carbocycles. The molecule has 0 radical (unpaired) electrons. The van der Waals surface area contributed by atoms with Crippen molar-refractivity contribution in [3.05, 3.63) is 29.3 Å². The summed E-state index contributed by atoms with van der Waals surface area (Å²) in [6, 6.07) is 6.06. The molecule has 1 aromatic carbocycles. The van der Waals surface area contributed by atoms with E-state index in [1.165, 1.54) is 16.2 Å². The SMILES string of the molecule is C=NN(/N=C\C)c1ccc(C)c(C)c1.CC.CC.CC. The molecule has 0 fully saturated rings. The van der Waals surface area contributed by atoms with E-state index in [-0.39, 0.29) is 0 Å². The first-order valence-corrected chi connectivity index (χ1v) is 7.51. The number of hydrogen-bond donors (Lipinski definition) is 0. The van der Waals surface area contributed by atoms with E-state index in [0.717, 1.165) is 5.69 Å². The first-order chi connectivity index (χ1) is 9.69. The summed E-state index contributed by atoms with van der Waals surface area (Å²) < 4.78 is 0. The standard InChI is InChI=1S/C11H15N3.3C2H6/c1-5-13-14(12-4)11-7-6-9(2)10(3)8-11;3*1-2/h5-8H,4H2,1-3H3;3*1-2H3/b13-5-;;;. The minimum absolute atomic E-state index is 0.932. The van der Waals surface area contributed by atoms with Crippen molar-refractivity contribution in [2.45, 2.75) is 62.3 Å². The molecular formula is C17H33N3. The molecule has 0 amide bonds. The van der Waals surface area contributed by atoms with E-state index in [1.54, 1.807) is 6.21 Å². The average molecular weight is 279 g/mol. The molecule has 3 nitrogen and oxygen atoms in total. The second kappa shape index (κ2) is 17.4. The molecule has 0 aliphatic rings. The van der Waals surface area contributed by atoms with Crippen molar-refractivity contribution < 1.29 is 0 Å². The van der Waals surface area contributed by atoms with Crippen LogP contribution in [-0.2, 0) is 0 Å². The number of hydrazone groups is 2. The van der Waals surface area contributed by atoms with Gasteiger partial charge in [0, 0.05) is 12.9 Å². The van der Waals surface area contributed by atoms with Crippen LogP contribution in [0.3, 0.4) is 0 Å². The van der Waals surface area contributed by atoms with Gasteiger partial charge in [0.05, 0.1) is 5.69 Å². The topological polar surface area (TPSA) is 28.0 Å². The lowest BCUT2D eigenvalue weighted by Gasteiger charge is -2.12. The van der Waals surface area contributed by atoms with E-state index in [2.05, 4.69) is 30.8 Å². The lowest BCUT2D eigenvalue weighted by atomic mass is 10.1. The first-order valence-electron chi connectivity index (χ1n) is 7.51. The van der Waals surface area contributed by atoms with Crippen LogP contribution in [0.1, 0.15) is 59.6 Å². The zero-order chi connectivity index (χ0) is 16.6. The number of benzene rings is 1. The molecule has 0 aliphatic carbocycles. The second-order valence-corrected chi connectivity index (χ2v) is 3.07. The quantitative estimate of drug-likeness (QED) is 0.507. The van der Waals surface area contributed by atoms with E-state index in [1.807, 2.05) is 66.7 Å². The number of hydrogen-bond acceptors (Lipinski definition) is 3. The van der Waals surface area contributed by atoms with Crippen molar-refractivity contribution in [2.24, 2.45) is 10.2 Å². The lowest BCUT2D eigenvalue weighted by Crippen LogP contribution is -2.07. The van der Waals surface area contributed by atoms with Crippen molar-refractivity contribution in [3.8, 4) is 0 Å². The van der Waals surface area contributed by atoms with Crippen LogP contribution in [0.4, 0.5) is 5.69 Å². The van der Waals surface area contributed by atoms with Gasteiger partial charge in [-0.3, -0.25) is 0 Å². The van der Waals surface area contributed by atoms with Gasteiger partial charge < -0.3 is 0 Å². The van der Waals surface area contributed by atoms with Crippen LogP contribution < -0.4 is 5.12 Å². The Balaban J connectivity index is -0.000000425. The lowest BCUT2D eigenvalue weighted by molar-refractivity contribution is 0.938. The number of nitrogens with zero attached hydrogens (tertiary/aromatic N) is 3. The first kappa shape index (κ1) is 23.5. The molecule has 0 aliphatic heterocycles. The molecule has 0 N–H and O–H groups in total. The van der Waals surface area contributed by atoms with Crippen molar-refractivity contribution in [1.82, 2.24) is 0 Å². The van der Waals surface area contributed by atoms with Gasteiger partial charge in [0.1, 0.15) is 0 Å². The molecule has 116 valence electrons. The summed E-state index contributed by atoms with van der Waals surface area (Å²) in [5.74, 6) is 0. The third-order valence-electron chi connectivity index (χ3n) is 2.08. The third-order valence-corrected chi connectivity index (χ3v) is 2.08. The van der Waals surface area contributed by atoms with Crippen molar-refractivity contribution >= 4 is 18.6 Å². The fourth-order valence-electron chi connectivity index (χ4n) is 1.14. The van der Waals surface area contributed by atoms with Crippen LogP contribution in [0.15, 0.2) is 28.4 Å². The van der Waals surface area contributed by atoms with E-state index in [0.29, 0.717) is 0 Å². The van der Waals surface area contributed by atoms with Crippen LogP contribution in [0, 0.1) is 13.8 Å². The maximum Gasteiger partial charge on any atom is 0.0859 e. The smallest absolute Gasteiger partial charge is 0.0859 e. The number of aryl methyl sites for hydroxylation is 2. The van der Waals surface area contributed by atoms with Gasteiger partial charge in [0.15, 0.2) is 0 Å². The van der Waals surface area contributed by atoms with Crippen LogP contribution in [0.5, 0.6) is 0 Å². The molecule has 3 heteroatoms. The average Bonchev–Trinajstić information content (AvgIpc) is 2.53. The molecule has 0 spiro atoms. The largest absolute Gasteiger partial charge is 0.167 e. The fraction of sp³-hybridized carbons (Fsp3) is 0.529. The van der Waals surface area contributed by atoms with Gasteiger partial charge in [0.25, 0.3) is 0 Å². The minimum atomic E-state index is 0.932. The Morgan fingerprint density at radius 2 is 1.45 bits per heavy atom. The molecule has 0 bridgehead atoms. The van der Waals surface area contributed by atoms with Gasteiger partial charge >= 0.3 is 0 Å². The summed E-state index contributed by atoms with van der Waals surface area (Å²) >= 11 is 0. The maximum atomic E-state index is 4.06. The Bertz CT molecular complexity index is 357. The molecular weight excluding hydrogens is 246 g/mol. The van der Waals surface area contributed by atoms with E-state index in [9.17, 15) is 0 Å². The molecule has 0 heterocycles. The van der Waals surface area contributed by atoms with Gasteiger partial charge in [-0.15, -0.1) is 0 Å². The fourth-order valence-corrected chi connectivity index (χ4v) is 1.14. The van der Waals surface area contributed by atoms with Crippen LogP contribution >= 0.6 is 0 Å². The van der Waals surface area contributed by atoms with Crippen LogP contribution in [0.2, 0.25) is 0 Å². The molecule has 0 saturated heterocycles. The Morgan fingerprint density at radius 3 is 1.80 bits per heavy atom. The van der Waals surface area contributed by atoms with Crippen molar-refractivity contribution in [3.63, 3.8) is 0 Å². The molecule has 1 aromatic rings. The summed E-state index contributed by atoms with van der Waals surface area (Å²) in [5.41, 5.74) is 3.42. The zero-order valence-corrected chi connectivity index (χ0v) is 14.9. The van der Waals surface area contributed by atoms with Gasteiger partial charge in [0.2, 0.25) is 0 Å². The summed E-state index contributed by atoms with van der Waals surface area (Å²) in [5, 5.41) is 9.37. The monoisotopic (exact) mass is 279 g/mol. The predicted molar refractivity (Wildman–Crippen MR) is 96.2 cm³/mol. The zero-order valence-electron chi connectivity index (χ0n) is 14.9. The maximum absolute atomic E-state index is 4.06. The molecule has 0 aromatic heterocycles.